The van der Waals surface area contributed by atoms with Crippen LogP contribution in [0.5, 0.6) is 0 Å². The predicted octanol–water partition coefficient (Wildman–Crippen LogP) is 1.21. The third-order valence-corrected chi connectivity index (χ3v) is 3.48. The molecule has 0 heterocycles. The highest BCUT2D eigenvalue weighted by atomic mass is 32.2. The van der Waals surface area contributed by atoms with Crippen LogP contribution in [-0.4, -0.2) is 48.9 Å². The van der Waals surface area contributed by atoms with Crippen LogP contribution in [0.1, 0.15) is 19.8 Å². The summed E-state index contributed by atoms with van der Waals surface area (Å²) in [5, 5.41) is 11.8. The summed E-state index contributed by atoms with van der Waals surface area (Å²) in [6, 6.07) is 0. The van der Waals surface area contributed by atoms with Crippen LogP contribution in [0.3, 0.4) is 0 Å². The van der Waals surface area contributed by atoms with Crippen molar-refractivity contribution in [2.24, 2.45) is 0 Å². The van der Waals surface area contributed by atoms with E-state index < -0.39 is 11.5 Å². The van der Waals surface area contributed by atoms with Gasteiger partial charge in [0.05, 0.1) is 0 Å². The van der Waals surface area contributed by atoms with E-state index in [1.165, 1.54) is 0 Å². The first-order valence-electron chi connectivity index (χ1n) is 5.06. The topological polar surface area (TPSA) is 58.6 Å². The zero-order valence-electron chi connectivity index (χ0n) is 9.71. The van der Waals surface area contributed by atoms with Crippen LogP contribution in [0.4, 0.5) is 0 Å². The van der Waals surface area contributed by atoms with Gasteiger partial charge in [-0.2, -0.15) is 11.8 Å². The van der Waals surface area contributed by atoms with Crippen molar-refractivity contribution in [3.63, 3.8) is 0 Å². The summed E-state index contributed by atoms with van der Waals surface area (Å²) in [4.78, 5) is 10.9. The summed E-state index contributed by atoms with van der Waals surface area (Å²) in [6.07, 6.45) is 1.65. The van der Waals surface area contributed by atoms with Gasteiger partial charge in [-0.05, 0) is 38.3 Å². The number of likely N-dealkylation sites (N-methyl/N-ethyl adjacent to an activating group) is 1. The van der Waals surface area contributed by atoms with Crippen molar-refractivity contribution in [3.05, 3.63) is 0 Å². The molecule has 0 aliphatic carbocycles. The van der Waals surface area contributed by atoms with Gasteiger partial charge in [-0.25, -0.2) is 0 Å². The van der Waals surface area contributed by atoms with Gasteiger partial charge < -0.3 is 15.2 Å². The van der Waals surface area contributed by atoms with E-state index in [2.05, 4.69) is 5.32 Å². The fourth-order valence-corrected chi connectivity index (χ4v) is 2.10. The summed E-state index contributed by atoms with van der Waals surface area (Å²) in [7, 11) is 3.37. The lowest BCUT2D eigenvalue weighted by molar-refractivity contribution is -0.144. The molecule has 0 saturated heterocycles. The molecule has 0 rings (SSSR count). The first kappa shape index (κ1) is 14.7. The number of methoxy groups -OCH3 is 1. The Hall–Kier alpha value is -0.260. The Morgan fingerprint density at radius 3 is 2.67 bits per heavy atom. The van der Waals surface area contributed by atoms with Crippen molar-refractivity contribution >= 4 is 17.7 Å². The normalized spacial score (nSPS) is 14.9. The number of ether oxygens (including phenoxy) is 1. The van der Waals surface area contributed by atoms with E-state index in [0.29, 0.717) is 6.42 Å². The van der Waals surface area contributed by atoms with Gasteiger partial charge in [0, 0.05) is 13.7 Å². The molecular weight excluding hydrogens is 214 g/mol. The minimum absolute atomic E-state index is 0.635. The van der Waals surface area contributed by atoms with E-state index in [-0.39, 0.29) is 0 Å². The van der Waals surface area contributed by atoms with Crippen LogP contribution < -0.4 is 5.32 Å². The monoisotopic (exact) mass is 235 g/mol. The summed E-state index contributed by atoms with van der Waals surface area (Å²) < 4.78 is 4.93. The molecule has 0 bridgehead atoms. The van der Waals surface area contributed by atoms with Gasteiger partial charge in [0.1, 0.15) is 5.54 Å². The van der Waals surface area contributed by atoms with E-state index in [1.807, 2.05) is 0 Å². The third kappa shape index (κ3) is 6.02. The largest absolute Gasteiger partial charge is 0.480 e. The quantitative estimate of drug-likeness (QED) is 0.588. The van der Waals surface area contributed by atoms with Crippen LogP contribution in [-0.2, 0) is 9.53 Å². The maximum absolute atomic E-state index is 10.9. The number of aliphatic carboxylic acids is 1. The van der Waals surface area contributed by atoms with E-state index in [4.69, 9.17) is 9.84 Å². The lowest BCUT2D eigenvalue weighted by atomic mass is 10.00. The summed E-state index contributed by atoms with van der Waals surface area (Å²) in [5.41, 5.74) is -0.797. The molecule has 1 unspecified atom stereocenters. The standard InChI is InChI=1S/C10H21NO3S/c1-10(11-2,9(12)13)5-8-15-7-4-6-14-3/h11H,4-8H2,1-3H3,(H,12,13). The molecule has 0 radical (unpaired) electrons. The van der Waals surface area contributed by atoms with Crippen molar-refractivity contribution in [2.75, 3.05) is 32.3 Å². The molecule has 0 aliphatic heterocycles. The molecule has 0 saturated carbocycles. The van der Waals surface area contributed by atoms with E-state index in [9.17, 15) is 4.79 Å². The average Bonchev–Trinajstić information content (AvgIpc) is 2.22. The fourth-order valence-electron chi connectivity index (χ4n) is 1.02. The van der Waals surface area contributed by atoms with Gasteiger partial charge >= 0.3 is 5.97 Å². The first-order chi connectivity index (χ1) is 7.06. The maximum Gasteiger partial charge on any atom is 0.323 e. The number of carboxylic acid groups (broad SMARTS) is 1. The average molecular weight is 235 g/mol. The minimum atomic E-state index is -0.797. The number of carbonyl (C=O) groups is 1. The molecule has 0 aliphatic rings. The van der Waals surface area contributed by atoms with E-state index in [1.54, 1.807) is 32.8 Å². The van der Waals surface area contributed by atoms with Crippen LogP contribution in [0.15, 0.2) is 0 Å². The van der Waals surface area contributed by atoms with Gasteiger partial charge in [0.2, 0.25) is 0 Å². The highest BCUT2D eigenvalue weighted by Crippen LogP contribution is 2.14. The van der Waals surface area contributed by atoms with Crippen molar-refractivity contribution < 1.29 is 14.6 Å². The minimum Gasteiger partial charge on any atom is -0.480 e. The van der Waals surface area contributed by atoms with Gasteiger partial charge in [-0.3, -0.25) is 4.79 Å². The number of nitrogens with one attached hydrogen (secondary N) is 1. The molecule has 0 aromatic rings. The van der Waals surface area contributed by atoms with E-state index in [0.717, 1.165) is 24.5 Å². The zero-order valence-corrected chi connectivity index (χ0v) is 10.5. The van der Waals surface area contributed by atoms with Crippen LogP contribution >= 0.6 is 11.8 Å². The second kappa shape index (κ2) is 7.96. The fraction of sp³-hybridized carbons (Fsp3) is 0.900. The zero-order chi connectivity index (χ0) is 11.7. The van der Waals surface area contributed by atoms with Gasteiger partial charge in [0.25, 0.3) is 0 Å². The third-order valence-electron chi connectivity index (χ3n) is 2.41. The predicted molar refractivity (Wildman–Crippen MR) is 63.5 cm³/mol. The Morgan fingerprint density at radius 1 is 1.53 bits per heavy atom. The summed E-state index contributed by atoms with van der Waals surface area (Å²) in [6.45, 7) is 2.49. The number of hydrogen-bond acceptors (Lipinski definition) is 4. The smallest absolute Gasteiger partial charge is 0.323 e. The molecule has 2 N–H and O–H groups in total. The van der Waals surface area contributed by atoms with Crippen LogP contribution in [0.25, 0.3) is 0 Å². The lowest BCUT2D eigenvalue weighted by Crippen LogP contribution is -2.47. The van der Waals surface area contributed by atoms with E-state index >= 15 is 0 Å². The highest BCUT2D eigenvalue weighted by Gasteiger charge is 2.30. The summed E-state index contributed by atoms with van der Waals surface area (Å²) in [5.74, 6) is 1.09. The maximum atomic E-state index is 10.9. The SMILES string of the molecule is CNC(C)(CCSCCCOC)C(=O)O. The number of rotatable bonds is 9. The molecule has 0 spiro atoms. The number of carboxylic acids is 1. The van der Waals surface area contributed by atoms with Gasteiger partial charge in [0.15, 0.2) is 0 Å². The summed E-state index contributed by atoms with van der Waals surface area (Å²) >= 11 is 1.77. The Morgan fingerprint density at radius 2 is 2.20 bits per heavy atom. The second-order valence-corrected chi connectivity index (χ2v) is 4.82. The highest BCUT2D eigenvalue weighted by molar-refractivity contribution is 7.99. The molecule has 0 aromatic carbocycles. The van der Waals surface area contributed by atoms with Crippen LogP contribution in [0, 0.1) is 0 Å². The first-order valence-corrected chi connectivity index (χ1v) is 6.21. The Bertz CT molecular complexity index is 190. The van der Waals surface area contributed by atoms with Crippen molar-refractivity contribution in [3.8, 4) is 0 Å². The van der Waals surface area contributed by atoms with Crippen molar-refractivity contribution in [1.29, 1.82) is 0 Å². The lowest BCUT2D eigenvalue weighted by Gasteiger charge is -2.23. The number of thioether (sulfide) groups is 1. The molecule has 90 valence electrons. The molecule has 1 atom stereocenters. The Labute approximate surface area is 95.8 Å². The second-order valence-electron chi connectivity index (χ2n) is 3.60. The van der Waals surface area contributed by atoms with Crippen molar-refractivity contribution in [2.45, 2.75) is 25.3 Å². The molecule has 15 heavy (non-hydrogen) atoms. The molecule has 0 aromatic heterocycles. The van der Waals surface area contributed by atoms with Gasteiger partial charge in [-0.15, -0.1) is 0 Å². The molecule has 0 amide bonds. The molecule has 0 fully saturated rings. The van der Waals surface area contributed by atoms with Gasteiger partial charge in [-0.1, -0.05) is 0 Å². The Kier molecular flexibility index (Phi) is 7.82. The Balaban J connectivity index is 3.60. The molecule has 5 heteroatoms. The number of hydrogen-bond donors (Lipinski definition) is 2. The van der Waals surface area contributed by atoms with Crippen molar-refractivity contribution in [1.82, 2.24) is 5.32 Å². The van der Waals surface area contributed by atoms with Crippen LogP contribution in [0.2, 0.25) is 0 Å². The molecular formula is C10H21NO3S. The molecule has 4 nitrogen and oxygen atoms in total.